The number of amides is 1. The lowest BCUT2D eigenvalue weighted by molar-refractivity contribution is -0.138. The maximum atomic E-state index is 11.8. The molecule has 0 radical (unpaired) electrons. The molecule has 0 heterocycles. The van der Waals surface area contributed by atoms with Gasteiger partial charge in [0.25, 0.3) is 0 Å². The standard InChI is InChI=1S/C11H11ClF3NO/c12-9-4-1-8(2-5-9)3-6-10(17)16-7-11(13,14)15/h1-2,4-5H,3,6-7H2,(H,16,17). The van der Waals surface area contributed by atoms with Crippen LogP contribution in [0.3, 0.4) is 0 Å². The van der Waals surface area contributed by atoms with Crippen molar-refractivity contribution in [1.29, 1.82) is 0 Å². The number of alkyl halides is 3. The Morgan fingerprint density at radius 2 is 1.82 bits per heavy atom. The minimum absolute atomic E-state index is 0.0255. The van der Waals surface area contributed by atoms with Gasteiger partial charge in [0.15, 0.2) is 0 Å². The predicted molar refractivity (Wildman–Crippen MR) is 58.8 cm³/mol. The molecule has 0 fully saturated rings. The van der Waals surface area contributed by atoms with E-state index in [0.29, 0.717) is 11.4 Å². The van der Waals surface area contributed by atoms with Crippen molar-refractivity contribution in [2.45, 2.75) is 19.0 Å². The molecule has 17 heavy (non-hydrogen) atoms. The Kier molecular flexibility index (Phi) is 4.81. The summed E-state index contributed by atoms with van der Waals surface area (Å²) in [5.74, 6) is -0.614. The van der Waals surface area contributed by atoms with E-state index in [1.165, 1.54) is 0 Å². The van der Waals surface area contributed by atoms with Gasteiger partial charge >= 0.3 is 6.18 Å². The van der Waals surface area contributed by atoms with E-state index in [0.717, 1.165) is 5.56 Å². The quantitative estimate of drug-likeness (QED) is 0.891. The van der Waals surface area contributed by atoms with Crippen molar-refractivity contribution < 1.29 is 18.0 Å². The summed E-state index contributed by atoms with van der Waals surface area (Å²) in [5.41, 5.74) is 0.858. The first-order valence-electron chi connectivity index (χ1n) is 4.95. The Labute approximate surface area is 102 Å². The average Bonchev–Trinajstić information content (AvgIpc) is 2.25. The first-order chi connectivity index (χ1) is 7.87. The van der Waals surface area contributed by atoms with Crippen molar-refractivity contribution in [1.82, 2.24) is 5.32 Å². The van der Waals surface area contributed by atoms with Crippen LogP contribution in [0.25, 0.3) is 0 Å². The molecular weight excluding hydrogens is 255 g/mol. The Hall–Kier alpha value is -1.23. The van der Waals surface area contributed by atoms with Gasteiger partial charge in [0.1, 0.15) is 6.54 Å². The van der Waals surface area contributed by atoms with Crippen LogP contribution in [0.4, 0.5) is 13.2 Å². The molecule has 1 N–H and O–H groups in total. The third-order valence-electron chi connectivity index (χ3n) is 2.04. The lowest BCUT2D eigenvalue weighted by Gasteiger charge is -2.08. The van der Waals surface area contributed by atoms with E-state index in [4.69, 9.17) is 11.6 Å². The lowest BCUT2D eigenvalue weighted by atomic mass is 10.1. The van der Waals surface area contributed by atoms with Crippen LogP contribution in [0.1, 0.15) is 12.0 Å². The second-order valence-electron chi connectivity index (χ2n) is 3.52. The zero-order valence-electron chi connectivity index (χ0n) is 8.85. The smallest absolute Gasteiger partial charge is 0.347 e. The van der Waals surface area contributed by atoms with Gasteiger partial charge < -0.3 is 5.32 Å². The van der Waals surface area contributed by atoms with Crippen LogP contribution in [0, 0.1) is 0 Å². The van der Waals surface area contributed by atoms with Gasteiger partial charge in [-0.15, -0.1) is 0 Å². The summed E-state index contributed by atoms with van der Waals surface area (Å²) in [4.78, 5) is 11.1. The van der Waals surface area contributed by atoms with Crippen molar-refractivity contribution in [3.8, 4) is 0 Å². The van der Waals surface area contributed by atoms with E-state index in [1.807, 2.05) is 5.32 Å². The SMILES string of the molecule is O=C(CCc1ccc(Cl)cc1)NCC(F)(F)F. The number of aryl methyl sites for hydroxylation is 1. The average molecular weight is 266 g/mol. The van der Waals surface area contributed by atoms with Crippen molar-refractivity contribution in [3.63, 3.8) is 0 Å². The zero-order valence-corrected chi connectivity index (χ0v) is 9.61. The third-order valence-corrected chi connectivity index (χ3v) is 2.29. The zero-order chi connectivity index (χ0) is 12.9. The van der Waals surface area contributed by atoms with E-state index in [9.17, 15) is 18.0 Å². The predicted octanol–water partition coefficient (Wildman–Crippen LogP) is 2.95. The van der Waals surface area contributed by atoms with Crippen LogP contribution in [0.15, 0.2) is 24.3 Å². The fraction of sp³-hybridized carbons (Fsp3) is 0.364. The Morgan fingerprint density at radius 3 is 2.35 bits per heavy atom. The highest BCUT2D eigenvalue weighted by Crippen LogP contribution is 2.13. The van der Waals surface area contributed by atoms with Crippen LogP contribution >= 0.6 is 11.6 Å². The number of carbonyl (C=O) groups excluding carboxylic acids is 1. The minimum atomic E-state index is -4.37. The van der Waals surface area contributed by atoms with Crippen LogP contribution in [0.2, 0.25) is 5.02 Å². The Morgan fingerprint density at radius 1 is 1.24 bits per heavy atom. The normalized spacial score (nSPS) is 11.3. The number of halogens is 4. The van der Waals surface area contributed by atoms with E-state index in [1.54, 1.807) is 24.3 Å². The van der Waals surface area contributed by atoms with Crippen molar-refractivity contribution >= 4 is 17.5 Å². The lowest BCUT2D eigenvalue weighted by Crippen LogP contribution is -2.33. The van der Waals surface area contributed by atoms with Crippen LogP contribution in [0.5, 0.6) is 0 Å². The van der Waals surface area contributed by atoms with Gasteiger partial charge in [-0.05, 0) is 24.1 Å². The van der Waals surface area contributed by atoms with E-state index >= 15 is 0 Å². The summed E-state index contributed by atoms with van der Waals surface area (Å²) in [6.45, 7) is -1.29. The van der Waals surface area contributed by atoms with E-state index < -0.39 is 18.6 Å². The second kappa shape index (κ2) is 5.91. The molecule has 0 spiro atoms. The van der Waals surface area contributed by atoms with Gasteiger partial charge in [0.05, 0.1) is 0 Å². The van der Waals surface area contributed by atoms with Gasteiger partial charge in [0.2, 0.25) is 5.91 Å². The summed E-state index contributed by atoms with van der Waals surface area (Å²) in [6.07, 6.45) is -3.95. The molecular formula is C11H11ClF3NO. The van der Waals surface area contributed by atoms with Gasteiger partial charge in [-0.1, -0.05) is 23.7 Å². The molecule has 1 rings (SSSR count). The number of nitrogens with one attached hydrogen (secondary N) is 1. The van der Waals surface area contributed by atoms with Gasteiger partial charge in [-0.2, -0.15) is 13.2 Å². The molecule has 6 heteroatoms. The van der Waals surface area contributed by atoms with E-state index in [2.05, 4.69) is 0 Å². The summed E-state index contributed by atoms with van der Waals surface area (Å²) in [6, 6.07) is 6.81. The summed E-state index contributed by atoms with van der Waals surface area (Å²) < 4.78 is 35.4. The van der Waals surface area contributed by atoms with Crippen molar-refractivity contribution in [2.75, 3.05) is 6.54 Å². The summed E-state index contributed by atoms with van der Waals surface area (Å²) in [5, 5.41) is 2.39. The molecule has 0 saturated heterocycles. The van der Waals surface area contributed by atoms with Crippen LogP contribution in [-0.4, -0.2) is 18.6 Å². The summed E-state index contributed by atoms with van der Waals surface area (Å²) in [7, 11) is 0. The highest BCUT2D eigenvalue weighted by molar-refractivity contribution is 6.30. The largest absolute Gasteiger partial charge is 0.405 e. The first kappa shape index (κ1) is 13.8. The van der Waals surface area contributed by atoms with Crippen molar-refractivity contribution in [2.24, 2.45) is 0 Å². The molecule has 1 aromatic carbocycles. The van der Waals surface area contributed by atoms with Gasteiger partial charge in [-0.25, -0.2) is 0 Å². The molecule has 0 atom stereocenters. The number of hydrogen-bond donors (Lipinski definition) is 1. The highest BCUT2D eigenvalue weighted by atomic mass is 35.5. The van der Waals surface area contributed by atoms with Crippen LogP contribution in [-0.2, 0) is 11.2 Å². The first-order valence-corrected chi connectivity index (χ1v) is 5.32. The fourth-order valence-corrected chi connectivity index (χ4v) is 1.32. The Bertz CT molecular complexity index is 375. The topological polar surface area (TPSA) is 29.1 Å². The highest BCUT2D eigenvalue weighted by Gasteiger charge is 2.27. The Balaban J connectivity index is 2.31. The maximum absolute atomic E-state index is 11.8. The molecule has 0 unspecified atom stereocenters. The molecule has 0 aromatic heterocycles. The fourth-order valence-electron chi connectivity index (χ4n) is 1.20. The van der Waals surface area contributed by atoms with Gasteiger partial charge in [-0.3, -0.25) is 4.79 Å². The molecule has 0 bridgehead atoms. The molecule has 0 aliphatic rings. The molecule has 1 aromatic rings. The molecule has 0 aliphatic heterocycles. The molecule has 94 valence electrons. The summed E-state index contributed by atoms with van der Waals surface area (Å²) >= 11 is 5.67. The molecule has 0 aliphatic carbocycles. The third kappa shape index (κ3) is 6.16. The molecule has 1 amide bonds. The number of hydrogen-bond acceptors (Lipinski definition) is 1. The van der Waals surface area contributed by atoms with Crippen LogP contribution < -0.4 is 5.32 Å². The number of rotatable bonds is 4. The second-order valence-corrected chi connectivity index (χ2v) is 3.95. The molecule has 0 saturated carbocycles. The number of benzene rings is 1. The van der Waals surface area contributed by atoms with Crippen molar-refractivity contribution in [3.05, 3.63) is 34.9 Å². The minimum Gasteiger partial charge on any atom is -0.347 e. The van der Waals surface area contributed by atoms with E-state index in [-0.39, 0.29) is 6.42 Å². The van der Waals surface area contributed by atoms with Gasteiger partial charge in [0, 0.05) is 11.4 Å². The monoisotopic (exact) mass is 265 g/mol. The number of carbonyl (C=O) groups is 1. The maximum Gasteiger partial charge on any atom is 0.405 e. The molecule has 2 nitrogen and oxygen atoms in total.